The number of carbonyl (C=O) groups is 1. The molecule has 0 N–H and O–H groups in total. The lowest BCUT2D eigenvalue weighted by molar-refractivity contribution is 0.0694. The van der Waals surface area contributed by atoms with E-state index in [0.717, 1.165) is 17.5 Å². The first-order chi connectivity index (χ1) is 14.1. The highest BCUT2D eigenvalue weighted by molar-refractivity contribution is 5.96. The summed E-state index contributed by atoms with van der Waals surface area (Å²) in [6.45, 7) is 0.567. The number of rotatable bonds is 4. The molecule has 4 nitrogen and oxygen atoms in total. The molecule has 0 saturated carbocycles. The van der Waals surface area contributed by atoms with Crippen molar-refractivity contribution in [1.82, 2.24) is 4.90 Å². The van der Waals surface area contributed by atoms with Crippen LogP contribution in [0.25, 0.3) is 0 Å². The van der Waals surface area contributed by atoms with Crippen LogP contribution in [0.15, 0.2) is 66.7 Å². The van der Waals surface area contributed by atoms with Crippen molar-refractivity contribution in [3.63, 3.8) is 0 Å². The van der Waals surface area contributed by atoms with Gasteiger partial charge in [-0.25, -0.2) is 4.39 Å². The molecule has 0 aliphatic carbocycles. The lowest BCUT2D eigenvalue weighted by atomic mass is 9.87. The van der Waals surface area contributed by atoms with Gasteiger partial charge in [0.2, 0.25) is 0 Å². The van der Waals surface area contributed by atoms with Crippen LogP contribution in [0.3, 0.4) is 0 Å². The van der Waals surface area contributed by atoms with E-state index in [4.69, 9.17) is 9.47 Å². The van der Waals surface area contributed by atoms with Crippen molar-refractivity contribution in [2.75, 3.05) is 20.8 Å². The summed E-state index contributed by atoms with van der Waals surface area (Å²) in [6.07, 6.45) is 0.765. The second kappa shape index (κ2) is 7.95. The molecular formula is C24H22FNO3. The minimum Gasteiger partial charge on any atom is -0.497 e. The summed E-state index contributed by atoms with van der Waals surface area (Å²) in [5.41, 5.74) is 3.64. The fourth-order valence-corrected chi connectivity index (χ4v) is 3.89. The van der Waals surface area contributed by atoms with E-state index in [1.165, 1.54) is 17.7 Å². The van der Waals surface area contributed by atoms with Crippen molar-refractivity contribution in [3.8, 4) is 11.5 Å². The summed E-state index contributed by atoms with van der Waals surface area (Å²) in [4.78, 5) is 15.4. The lowest BCUT2D eigenvalue weighted by Crippen LogP contribution is -2.40. The Kier molecular flexibility index (Phi) is 5.21. The van der Waals surface area contributed by atoms with Crippen LogP contribution in [0.5, 0.6) is 11.5 Å². The topological polar surface area (TPSA) is 38.8 Å². The summed E-state index contributed by atoms with van der Waals surface area (Å²) < 4.78 is 24.2. The molecule has 0 unspecified atom stereocenters. The van der Waals surface area contributed by atoms with Gasteiger partial charge >= 0.3 is 0 Å². The van der Waals surface area contributed by atoms with Gasteiger partial charge in [-0.15, -0.1) is 0 Å². The van der Waals surface area contributed by atoms with Gasteiger partial charge in [0.25, 0.3) is 5.91 Å². The number of fused-ring (bicyclic) bond motifs is 1. The number of carbonyl (C=O) groups excluding carboxylic acids is 1. The molecule has 0 aromatic heterocycles. The zero-order chi connectivity index (χ0) is 20.4. The maximum Gasteiger partial charge on any atom is 0.254 e. The second-order valence-electron chi connectivity index (χ2n) is 7.00. The number of hydrogen-bond donors (Lipinski definition) is 0. The Morgan fingerprint density at radius 2 is 1.62 bits per heavy atom. The molecule has 0 fully saturated rings. The largest absolute Gasteiger partial charge is 0.497 e. The van der Waals surface area contributed by atoms with E-state index in [1.807, 2.05) is 23.1 Å². The Labute approximate surface area is 169 Å². The Morgan fingerprint density at radius 1 is 0.966 bits per heavy atom. The zero-order valence-corrected chi connectivity index (χ0v) is 16.4. The number of amides is 1. The zero-order valence-electron chi connectivity index (χ0n) is 16.4. The molecule has 29 heavy (non-hydrogen) atoms. The van der Waals surface area contributed by atoms with Crippen molar-refractivity contribution < 1.29 is 18.7 Å². The highest BCUT2D eigenvalue weighted by Gasteiger charge is 2.32. The van der Waals surface area contributed by atoms with E-state index < -0.39 is 0 Å². The summed E-state index contributed by atoms with van der Waals surface area (Å²) >= 11 is 0. The maximum atomic E-state index is 13.5. The van der Waals surface area contributed by atoms with Gasteiger partial charge < -0.3 is 14.4 Å². The molecule has 0 bridgehead atoms. The molecule has 1 aliphatic heterocycles. The summed E-state index contributed by atoms with van der Waals surface area (Å²) in [5, 5.41) is 0. The van der Waals surface area contributed by atoms with Crippen molar-refractivity contribution in [2.45, 2.75) is 12.5 Å². The van der Waals surface area contributed by atoms with Crippen LogP contribution in [-0.4, -0.2) is 31.6 Å². The first-order valence-corrected chi connectivity index (χ1v) is 9.48. The second-order valence-corrected chi connectivity index (χ2v) is 7.00. The van der Waals surface area contributed by atoms with E-state index in [1.54, 1.807) is 44.6 Å². The first kappa shape index (κ1) is 19.0. The maximum absolute atomic E-state index is 13.5. The first-order valence-electron chi connectivity index (χ1n) is 9.48. The third-order valence-corrected chi connectivity index (χ3v) is 5.33. The van der Waals surface area contributed by atoms with Gasteiger partial charge in [-0.1, -0.05) is 36.4 Å². The summed E-state index contributed by atoms with van der Waals surface area (Å²) in [7, 11) is 3.11. The van der Waals surface area contributed by atoms with E-state index in [2.05, 4.69) is 6.07 Å². The van der Waals surface area contributed by atoms with Crippen LogP contribution >= 0.6 is 0 Å². The summed E-state index contributed by atoms with van der Waals surface area (Å²) in [5.74, 6) is 0.700. The minimum atomic E-state index is -0.298. The Balaban J connectivity index is 1.79. The molecule has 3 aromatic carbocycles. The van der Waals surface area contributed by atoms with Crippen LogP contribution < -0.4 is 9.47 Å². The monoisotopic (exact) mass is 391 g/mol. The van der Waals surface area contributed by atoms with Crippen LogP contribution in [0.2, 0.25) is 0 Å². The van der Waals surface area contributed by atoms with Crippen molar-refractivity contribution in [3.05, 3.63) is 94.8 Å². The molecule has 0 saturated heterocycles. The summed E-state index contributed by atoms with van der Waals surface area (Å²) in [6, 6.07) is 19.3. The van der Waals surface area contributed by atoms with E-state index in [9.17, 15) is 9.18 Å². The Morgan fingerprint density at radius 3 is 2.28 bits per heavy atom. The number of benzene rings is 3. The predicted molar refractivity (Wildman–Crippen MR) is 109 cm³/mol. The van der Waals surface area contributed by atoms with Crippen LogP contribution in [0, 0.1) is 5.82 Å². The molecule has 148 valence electrons. The van der Waals surface area contributed by atoms with Crippen molar-refractivity contribution in [1.29, 1.82) is 0 Å². The highest BCUT2D eigenvalue weighted by atomic mass is 19.1. The molecule has 1 aliphatic rings. The van der Waals surface area contributed by atoms with Gasteiger partial charge in [-0.3, -0.25) is 4.79 Å². The molecule has 1 atom stereocenters. The minimum absolute atomic E-state index is 0.119. The van der Waals surface area contributed by atoms with Crippen molar-refractivity contribution >= 4 is 5.91 Å². The number of hydrogen-bond acceptors (Lipinski definition) is 3. The van der Waals surface area contributed by atoms with E-state index in [0.29, 0.717) is 23.6 Å². The third kappa shape index (κ3) is 3.68. The SMILES string of the molecule is COc1cc(OC)cc(C(=O)N2CCc3ccccc3[C@@H]2c2ccc(F)cc2)c1. The normalized spacial score (nSPS) is 15.6. The molecule has 3 aromatic rings. The van der Waals surface area contributed by atoms with E-state index in [-0.39, 0.29) is 17.8 Å². The smallest absolute Gasteiger partial charge is 0.254 e. The van der Waals surface area contributed by atoms with Gasteiger partial charge in [-0.2, -0.15) is 0 Å². The van der Waals surface area contributed by atoms with Gasteiger partial charge in [0.15, 0.2) is 0 Å². The van der Waals surface area contributed by atoms with E-state index >= 15 is 0 Å². The van der Waals surface area contributed by atoms with Crippen LogP contribution in [-0.2, 0) is 6.42 Å². The standard InChI is InChI=1S/C24H22FNO3/c1-28-20-13-18(14-21(15-20)29-2)24(27)26-12-11-16-5-3-4-6-22(16)23(26)17-7-9-19(25)10-8-17/h3-10,13-15,23H,11-12H2,1-2H3/t23-/m0/s1. The molecule has 1 amide bonds. The highest BCUT2D eigenvalue weighted by Crippen LogP contribution is 2.36. The molecule has 0 spiro atoms. The number of halogens is 1. The predicted octanol–water partition coefficient (Wildman–Crippen LogP) is 4.63. The lowest BCUT2D eigenvalue weighted by Gasteiger charge is -2.38. The van der Waals surface area contributed by atoms with Gasteiger partial charge in [0.1, 0.15) is 17.3 Å². The average Bonchev–Trinajstić information content (AvgIpc) is 2.78. The van der Waals surface area contributed by atoms with Crippen molar-refractivity contribution in [2.24, 2.45) is 0 Å². The van der Waals surface area contributed by atoms with Gasteiger partial charge in [0, 0.05) is 18.2 Å². The number of nitrogens with zero attached hydrogens (tertiary/aromatic N) is 1. The molecule has 0 radical (unpaired) electrons. The van der Waals surface area contributed by atoms with Crippen LogP contribution in [0.4, 0.5) is 4.39 Å². The Hall–Kier alpha value is -3.34. The molecule has 5 heteroatoms. The molecule has 4 rings (SSSR count). The van der Waals surface area contributed by atoms with Gasteiger partial charge in [-0.05, 0) is 47.4 Å². The average molecular weight is 391 g/mol. The molecular weight excluding hydrogens is 369 g/mol. The fourth-order valence-electron chi connectivity index (χ4n) is 3.89. The van der Waals surface area contributed by atoms with Crippen LogP contribution in [0.1, 0.15) is 33.1 Å². The third-order valence-electron chi connectivity index (χ3n) is 5.33. The fraction of sp³-hybridized carbons (Fsp3) is 0.208. The molecule has 1 heterocycles. The van der Waals surface area contributed by atoms with Gasteiger partial charge in [0.05, 0.1) is 20.3 Å². The number of methoxy groups -OCH3 is 2. The number of ether oxygens (including phenoxy) is 2. The quantitative estimate of drug-likeness (QED) is 0.651. The Bertz CT molecular complexity index is 1010.